The van der Waals surface area contributed by atoms with Crippen LogP contribution in [0.4, 0.5) is 0 Å². The fraction of sp³-hybridized carbons (Fsp3) is 1.00. The predicted octanol–water partition coefficient (Wildman–Crippen LogP) is 1.69. The Morgan fingerprint density at radius 2 is 1.82 bits per heavy atom. The van der Waals surface area contributed by atoms with E-state index in [0.717, 1.165) is 19.0 Å². The highest BCUT2D eigenvalue weighted by Crippen LogP contribution is 2.23. The lowest BCUT2D eigenvalue weighted by atomic mass is 9.88. The molecule has 0 spiro atoms. The minimum absolute atomic E-state index is 0.310. The van der Waals surface area contributed by atoms with Crippen molar-refractivity contribution >= 4 is 0 Å². The van der Waals surface area contributed by atoms with Crippen molar-refractivity contribution in [3.63, 3.8) is 0 Å². The molecule has 1 aliphatic rings. The van der Waals surface area contributed by atoms with E-state index in [-0.39, 0.29) is 0 Å². The van der Waals surface area contributed by atoms with Crippen molar-refractivity contribution in [2.45, 2.75) is 52.1 Å². The number of nitrogens with zero attached hydrogens (tertiary/aromatic N) is 1. The molecule has 1 aliphatic heterocycles. The van der Waals surface area contributed by atoms with Crippen molar-refractivity contribution in [1.29, 1.82) is 0 Å². The number of hydrogen-bond donors (Lipinski definition) is 2. The van der Waals surface area contributed by atoms with E-state index in [1.165, 1.54) is 25.9 Å². The molecule has 102 valence electrons. The van der Waals surface area contributed by atoms with Crippen LogP contribution in [-0.2, 0) is 0 Å². The minimum Gasteiger partial charge on any atom is -0.317 e. The molecule has 0 aliphatic carbocycles. The molecule has 0 amide bonds. The van der Waals surface area contributed by atoms with Gasteiger partial charge in [0, 0.05) is 37.8 Å². The first kappa shape index (κ1) is 14.9. The summed E-state index contributed by atoms with van der Waals surface area (Å²) in [4.78, 5) is 2.63. The minimum atomic E-state index is 0.310. The standard InChI is InChI=1S/C14H31N3/c1-12(2)10-13(15-5)11-14(3,4)17-8-6-16-7-9-17/h12-13,15-16H,6-11H2,1-5H3. The second kappa shape index (κ2) is 6.72. The maximum Gasteiger partial charge on any atom is 0.0169 e. The Balaban J connectivity index is 2.49. The zero-order valence-corrected chi connectivity index (χ0v) is 12.3. The molecule has 1 fully saturated rings. The summed E-state index contributed by atoms with van der Waals surface area (Å²) in [5.41, 5.74) is 0.310. The van der Waals surface area contributed by atoms with Crippen molar-refractivity contribution in [2.24, 2.45) is 5.92 Å². The zero-order valence-electron chi connectivity index (χ0n) is 12.3. The van der Waals surface area contributed by atoms with Gasteiger partial charge in [-0.1, -0.05) is 13.8 Å². The highest BCUT2D eigenvalue weighted by atomic mass is 15.2. The molecule has 0 saturated carbocycles. The van der Waals surface area contributed by atoms with E-state index in [1.54, 1.807) is 0 Å². The summed E-state index contributed by atoms with van der Waals surface area (Å²) < 4.78 is 0. The average Bonchev–Trinajstić information content (AvgIpc) is 2.28. The van der Waals surface area contributed by atoms with E-state index in [9.17, 15) is 0 Å². The second-order valence-electron chi connectivity index (χ2n) is 6.37. The van der Waals surface area contributed by atoms with Gasteiger partial charge in [0.25, 0.3) is 0 Å². The molecule has 3 nitrogen and oxygen atoms in total. The highest BCUT2D eigenvalue weighted by Gasteiger charge is 2.30. The molecular weight excluding hydrogens is 210 g/mol. The highest BCUT2D eigenvalue weighted by molar-refractivity contribution is 4.88. The summed E-state index contributed by atoms with van der Waals surface area (Å²) in [6.07, 6.45) is 2.51. The van der Waals surface area contributed by atoms with Crippen LogP contribution in [0.1, 0.15) is 40.5 Å². The molecule has 0 aromatic heterocycles. The SMILES string of the molecule is CNC(CC(C)C)CC(C)(C)N1CCNCC1. The van der Waals surface area contributed by atoms with Crippen molar-refractivity contribution in [3.05, 3.63) is 0 Å². The van der Waals surface area contributed by atoms with E-state index < -0.39 is 0 Å². The fourth-order valence-corrected chi connectivity index (χ4v) is 2.87. The van der Waals surface area contributed by atoms with Crippen molar-refractivity contribution in [3.8, 4) is 0 Å². The molecule has 0 radical (unpaired) electrons. The summed E-state index contributed by atoms with van der Waals surface area (Å²) >= 11 is 0. The molecule has 1 heterocycles. The summed E-state index contributed by atoms with van der Waals surface area (Å²) in [7, 11) is 2.10. The van der Waals surface area contributed by atoms with Gasteiger partial charge in [0.2, 0.25) is 0 Å². The lowest BCUT2D eigenvalue weighted by Gasteiger charge is -2.43. The number of rotatable bonds is 6. The number of hydrogen-bond acceptors (Lipinski definition) is 3. The van der Waals surface area contributed by atoms with Crippen LogP contribution in [0.25, 0.3) is 0 Å². The third-order valence-corrected chi connectivity index (χ3v) is 3.88. The average molecular weight is 241 g/mol. The Bertz CT molecular complexity index is 208. The Morgan fingerprint density at radius 3 is 2.29 bits per heavy atom. The molecule has 17 heavy (non-hydrogen) atoms. The molecule has 1 saturated heterocycles. The van der Waals surface area contributed by atoms with Gasteiger partial charge in [0.05, 0.1) is 0 Å². The van der Waals surface area contributed by atoms with Crippen LogP contribution in [0.5, 0.6) is 0 Å². The van der Waals surface area contributed by atoms with Crippen molar-refractivity contribution in [1.82, 2.24) is 15.5 Å². The van der Waals surface area contributed by atoms with Gasteiger partial charge in [-0.25, -0.2) is 0 Å². The summed E-state index contributed by atoms with van der Waals surface area (Å²) in [5, 5.41) is 6.92. The quantitative estimate of drug-likeness (QED) is 0.741. The first-order chi connectivity index (χ1) is 7.95. The molecule has 0 bridgehead atoms. The third-order valence-electron chi connectivity index (χ3n) is 3.88. The van der Waals surface area contributed by atoms with Crippen LogP contribution in [0.2, 0.25) is 0 Å². The van der Waals surface area contributed by atoms with Crippen LogP contribution in [0, 0.1) is 5.92 Å². The molecule has 1 atom stereocenters. The first-order valence-corrected chi connectivity index (χ1v) is 7.08. The maximum absolute atomic E-state index is 3.49. The van der Waals surface area contributed by atoms with Crippen molar-refractivity contribution < 1.29 is 0 Å². The topological polar surface area (TPSA) is 27.3 Å². The normalized spacial score (nSPS) is 20.8. The molecule has 0 aromatic carbocycles. The van der Waals surface area contributed by atoms with Gasteiger partial charge in [-0.05, 0) is 39.7 Å². The Morgan fingerprint density at radius 1 is 1.24 bits per heavy atom. The van der Waals surface area contributed by atoms with Gasteiger partial charge in [-0.2, -0.15) is 0 Å². The van der Waals surface area contributed by atoms with Gasteiger partial charge in [0.1, 0.15) is 0 Å². The van der Waals surface area contributed by atoms with E-state index in [4.69, 9.17) is 0 Å². The molecule has 1 unspecified atom stereocenters. The molecule has 0 aromatic rings. The van der Waals surface area contributed by atoms with Crippen LogP contribution in [0.3, 0.4) is 0 Å². The Labute approximate surface area is 107 Å². The molecule has 1 rings (SSSR count). The van der Waals surface area contributed by atoms with Gasteiger partial charge >= 0.3 is 0 Å². The molecule has 2 N–H and O–H groups in total. The van der Waals surface area contributed by atoms with Gasteiger partial charge in [-0.3, -0.25) is 4.90 Å². The maximum atomic E-state index is 3.49. The van der Waals surface area contributed by atoms with Gasteiger partial charge < -0.3 is 10.6 Å². The molecular formula is C14H31N3. The van der Waals surface area contributed by atoms with Gasteiger partial charge in [0.15, 0.2) is 0 Å². The smallest absolute Gasteiger partial charge is 0.0169 e. The van der Waals surface area contributed by atoms with E-state index in [0.29, 0.717) is 11.6 Å². The third kappa shape index (κ3) is 4.94. The largest absolute Gasteiger partial charge is 0.317 e. The number of nitrogens with one attached hydrogen (secondary N) is 2. The van der Waals surface area contributed by atoms with E-state index in [2.05, 4.69) is 50.3 Å². The van der Waals surface area contributed by atoms with E-state index in [1.807, 2.05) is 0 Å². The monoisotopic (exact) mass is 241 g/mol. The summed E-state index contributed by atoms with van der Waals surface area (Å²) in [6.45, 7) is 14.0. The van der Waals surface area contributed by atoms with Gasteiger partial charge in [-0.15, -0.1) is 0 Å². The Hall–Kier alpha value is -0.120. The predicted molar refractivity (Wildman–Crippen MR) is 75.4 cm³/mol. The fourth-order valence-electron chi connectivity index (χ4n) is 2.87. The lowest BCUT2D eigenvalue weighted by Crippen LogP contribution is -2.55. The zero-order chi connectivity index (χ0) is 12.9. The van der Waals surface area contributed by atoms with Crippen LogP contribution < -0.4 is 10.6 Å². The van der Waals surface area contributed by atoms with Crippen LogP contribution in [0.15, 0.2) is 0 Å². The summed E-state index contributed by atoms with van der Waals surface area (Å²) in [5.74, 6) is 0.770. The Kier molecular flexibility index (Phi) is 5.90. The van der Waals surface area contributed by atoms with Crippen LogP contribution >= 0.6 is 0 Å². The summed E-state index contributed by atoms with van der Waals surface area (Å²) in [6, 6.07) is 0.639. The number of piperazine rings is 1. The lowest BCUT2D eigenvalue weighted by molar-refractivity contribution is 0.0837. The van der Waals surface area contributed by atoms with E-state index >= 15 is 0 Å². The first-order valence-electron chi connectivity index (χ1n) is 7.08. The van der Waals surface area contributed by atoms with Crippen molar-refractivity contribution in [2.75, 3.05) is 33.2 Å². The van der Waals surface area contributed by atoms with Crippen LogP contribution in [-0.4, -0.2) is 49.7 Å². The second-order valence-corrected chi connectivity index (χ2v) is 6.37. The molecule has 3 heteroatoms.